The van der Waals surface area contributed by atoms with Crippen LogP contribution in [0.5, 0.6) is 0 Å². The van der Waals surface area contributed by atoms with Gasteiger partial charge in [-0.25, -0.2) is 0 Å². The lowest BCUT2D eigenvalue weighted by Gasteiger charge is -2.30. The summed E-state index contributed by atoms with van der Waals surface area (Å²) in [4.78, 5) is 14.0. The molecule has 15 heavy (non-hydrogen) atoms. The molecule has 2 atom stereocenters. The highest BCUT2D eigenvalue weighted by Gasteiger charge is 2.59. The zero-order valence-corrected chi connectivity index (χ0v) is 9.75. The van der Waals surface area contributed by atoms with Crippen molar-refractivity contribution in [2.24, 2.45) is 11.3 Å². The van der Waals surface area contributed by atoms with Gasteiger partial charge in [0, 0.05) is 6.42 Å². The number of carbonyl (C=O) groups is 1. The second-order valence-corrected chi connectivity index (χ2v) is 6.05. The highest BCUT2D eigenvalue weighted by Crippen LogP contribution is 2.58. The number of hydrogen-bond donors (Lipinski definition) is 0. The van der Waals surface area contributed by atoms with Crippen LogP contribution in [0.4, 0.5) is 0 Å². The minimum absolute atomic E-state index is 0.292. The zero-order chi connectivity index (χ0) is 10.8. The molecule has 1 saturated carbocycles. The molecule has 0 aromatic carbocycles. The largest absolute Gasteiger partial charge is 0.354 e. The lowest BCUT2D eigenvalue weighted by Crippen LogP contribution is -2.44. The number of amides is 1. The first kappa shape index (κ1) is 9.64. The van der Waals surface area contributed by atoms with Gasteiger partial charge in [0.25, 0.3) is 0 Å². The molecule has 84 valence electrons. The summed E-state index contributed by atoms with van der Waals surface area (Å²) >= 11 is 0. The molecule has 1 amide bonds. The topological polar surface area (TPSA) is 29.5 Å². The summed E-state index contributed by atoms with van der Waals surface area (Å²) in [5, 5.41) is 0. The molecule has 2 heterocycles. The van der Waals surface area contributed by atoms with Crippen LogP contribution >= 0.6 is 0 Å². The molecule has 0 bridgehead atoms. The van der Waals surface area contributed by atoms with Gasteiger partial charge in [-0.2, -0.15) is 0 Å². The Morgan fingerprint density at radius 1 is 1.33 bits per heavy atom. The summed E-state index contributed by atoms with van der Waals surface area (Å²) in [6, 6.07) is 0.347. The fourth-order valence-electron chi connectivity index (χ4n) is 3.32. The second-order valence-electron chi connectivity index (χ2n) is 6.05. The number of fused-ring (bicyclic) bond motifs is 1. The Morgan fingerprint density at radius 2 is 2.00 bits per heavy atom. The third kappa shape index (κ3) is 1.19. The molecule has 0 N–H and O–H groups in total. The molecule has 1 aliphatic carbocycles. The molecule has 0 radical (unpaired) electrons. The van der Waals surface area contributed by atoms with Gasteiger partial charge in [0.05, 0.1) is 12.6 Å². The molecule has 3 nitrogen and oxygen atoms in total. The van der Waals surface area contributed by atoms with E-state index < -0.39 is 0 Å². The van der Waals surface area contributed by atoms with E-state index in [2.05, 4.69) is 6.92 Å². The van der Waals surface area contributed by atoms with Crippen LogP contribution in [0.2, 0.25) is 0 Å². The van der Waals surface area contributed by atoms with Gasteiger partial charge in [-0.05, 0) is 38.0 Å². The van der Waals surface area contributed by atoms with Crippen LogP contribution in [0.25, 0.3) is 0 Å². The Bertz CT molecular complexity index is 320. The second kappa shape index (κ2) is 2.57. The standard InChI is InChI=1S/C12H19NO2/c1-11(2)13-9(7-15-11)8(6-10(13)14)12(3)4-5-12/h8-9H,4-7H2,1-3H3/t8?,9-/m1/s1. The summed E-state index contributed by atoms with van der Waals surface area (Å²) in [5.74, 6) is 0.826. The highest BCUT2D eigenvalue weighted by molar-refractivity contribution is 5.80. The van der Waals surface area contributed by atoms with Crippen LogP contribution in [0.3, 0.4) is 0 Å². The van der Waals surface area contributed by atoms with Crippen molar-refractivity contribution in [3.8, 4) is 0 Å². The van der Waals surface area contributed by atoms with Gasteiger partial charge in [-0.15, -0.1) is 0 Å². The van der Waals surface area contributed by atoms with E-state index >= 15 is 0 Å². The number of carbonyl (C=O) groups excluding carboxylic acids is 1. The van der Waals surface area contributed by atoms with Crippen molar-refractivity contribution in [1.29, 1.82) is 0 Å². The van der Waals surface area contributed by atoms with Crippen molar-refractivity contribution in [2.45, 2.75) is 51.8 Å². The summed E-state index contributed by atoms with van der Waals surface area (Å²) < 4.78 is 5.74. The first-order valence-corrected chi connectivity index (χ1v) is 5.90. The van der Waals surface area contributed by atoms with E-state index in [0.717, 1.165) is 13.0 Å². The van der Waals surface area contributed by atoms with Crippen molar-refractivity contribution < 1.29 is 9.53 Å². The predicted octanol–water partition coefficient (Wildman–Crippen LogP) is 1.77. The normalized spacial score (nSPS) is 40.7. The molecule has 3 heteroatoms. The van der Waals surface area contributed by atoms with Gasteiger partial charge in [0.15, 0.2) is 0 Å². The number of hydrogen-bond acceptors (Lipinski definition) is 2. The van der Waals surface area contributed by atoms with E-state index in [1.165, 1.54) is 12.8 Å². The first-order valence-electron chi connectivity index (χ1n) is 5.90. The third-order valence-corrected chi connectivity index (χ3v) is 4.58. The van der Waals surface area contributed by atoms with Crippen molar-refractivity contribution in [3.63, 3.8) is 0 Å². The third-order valence-electron chi connectivity index (χ3n) is 4.58. The Kier molecular flexibility index (Phi) is 1.65. The average molecular weight is 209 g/mol. The van der Waals surface area contributed by atoms with Crippen molar-refractivity contribution in [1.82, 2.24) is 4.90 Å². The van der Waals surface area contributed by atoms with E-state index in [1.54, 1.807) is 0 Å². The molecule has 2 aliphatic heterocycles. The predicted molar refractivity (Wildman–Crippen MR) is 56.1 cm³/mol. The van der Waals surface area contributed by atoms with Crippen molar-refractivity contribution in [3.05, 3.63) is 0 Å². The number of ether oxygens (including phenoxy) is 1. The van der Waals surface area contributed by atoms with Gasteiger partial charge >= 0.3 is 0 Å². The quantitative estimate of drug-likeness (QED) is 0.658. The maximum absolute atomic E-state index is 12.0. The van der Waals surface area contributed by atoms with Gasteiger partial charge in [-0.3, -0.25) is 4.79 Å². The van der Waals surface area contributed by atoms with Gasteiger partial charge in [-0.1, -0.05) is 6.92 Å². The minimum atomic E-state index is -0.373. The smallest absolute Gasteiger partial charge is 0.225 e. The van der Waals surface area contributed by atoms with E-state index in [9.17, 15) is 4.79 Å². The van der Waals surface area contributed by atoms with E-state index in [1.807, 2.05) is 18.7 Å². The van der Waals surface area contributed by atoms with Crippen molar-refractivity contribution >= 4 is 5.91 Å². The van der Waals surface area contributed by atoms with Crippen LogP contribution in [-0.4, -0.2) is 29.2 Å². The maximum Gasteiger partial charge on any atom is 0.225 e. The lowest BCUT2D eigenvalue weighted by atomic mass is 9.85. The van der Waals surface area contributed by atoms with E-state index in [4.69, 9.17) is 4.74 Å². The Balaban J connectivity index is 1.90. The Labute approximate surface area is 90.8 Å². The Morgan fingerprint density at radius 3 is 2.60 bits per heavy atom. The van der Waals surface area contributed by atoms with Crippen LogP contribution < -0.4 is 0 Å². The lowest BCUT2D eigenvalue weighted by molar-refractivity contribution is -0.141. The molecule has 0 spiro atoms. The number of nitrogens with zero attached hydrogens (tertiary/aromatic N) is 1. The molecular formula is C12H19NO2. The summed E-state index contributed by atoms with van der Waals surface area (Å²) in [6.07, 6.45) is 3.32. The zero-order valence-electron chi connectivity index (χ0n) is 9.75. The average Bonchev–Trinajstić information content (AvgIpc) is 2.66. The van der Waals surface area contributed by atoms with Crippen molar-refractivity contribution in [2.75, 3.05) is 6.61 Å². The van der Waals surface area contributed by atoms with Crippen LogP contribution in [0, 0.1) is 11.3 Å². The summed E-state index contributed by atoms with van der Waals surface area (Å²) in [6.45, 7) is 7.06. The summed E-state index contributed by atoms with van der Waals surface area (Å²) in [7, 11) is 0. The van der Waals surface area contributed by atoms with Gasteiger partial charge in [0.1, 0.15) is 5.72 Å². The van der Waals surface area contributed by atoms with Crippen LogP contribution in [-0.2, 0) is 9.53 Å². The molecule has 1 unspecified atom stereocenters. The number of rotatable bonds is 1. The maximum atomic E-state index is 12.0. The van der Waals surface area contributed by atoms with Crippen LogP contribution in [0.1, 0.15) is 40.0 Å². The van der Waals surface area contributed by atoms with Gasteiger partial charge in [0.2, 0.25) is 5.91 Å². The molecule has 3 rings (SSSR count). The SMILES string of the molecule is CC1(C2CC(=O)N3[C@@H]2COC3(C)C)CC1. The van der Waals surface area contributed by atoms with E-state index in [-0.39, 0.29) is 5.72 Å². The monoisotopic (exact) mass is 209 g/mol. The van der Waals surface area contributed by atoms with Gasteiger partial charge < -0.3 is 9.64 Å². The summed E-state index contributed by atoms with van der Waals surface area (Å²) in [5.41, 5.74) is 0.0562. The molecule has 3 aliphatic rings. The minimum Gasteiger partial charge on any atom is -0.354 e. The highest BCUT2D eigenvalue weighted by atomic mass is 16.5. The fraction of sp³-hybridized carbons (Fsp3) is 0.917. The molecule has 3 fully saturated rings. The Hall–Kier alpha value is -0.570. The first-order chi connectivity index (χ1) is 6.94. The molecule has 0 aromatic rings. The van der Waals surface area contributed by atoms with E-state index in [0.29, 0.717) is 23.3 Å². The fourth-order valence-corrected chi connectivity index (χ4v) is 3.32. The molecule has 2 saturated heterocycles. The van der Waals surface area contributed by atoms with Crippen LogP contribution in [0.15, 0.2) is 0 Å². The molecular weight excluding hydrogens is 190 g/mol. The molecule has 0 aromatic heterocycles.